The lowest BCUT2D eigenvalue weighted by Crippen LogP contribution is -2.46. The minimum atomic E-state index is 0.441. The molecule has 0 bridgehead atoms. The van der Waals surface area contributed by atoms with Crippen LogP contribution in [0.1, 0.15) is 42.5 Å². The van der Waals surface area contributed by atoms with Crippen molar-refractivity contribution in [3.05, 3.63) is 34.9 Å². The van der Waals surface area contributed by atoms with E-state index in [-0.39, 0.29) is 0 Å². The van der Waals surface area contributed by atoms with Crippen LogP contribution in [0.2, 0.25) is 0 Å². The summed E-state index contributed by atoms with van der Waals surface area (Å²) in [5.41, 5.74) is 4.57. The number of nitrogens with one attached hydrogen (secondary N) is 1. The smallest absolute Gasteiger partial charge is 0.0643 e. The lowest BCUT2D eigenvalue weighted by Gasteiger charge is -2.30. The molecule has 92 valence electrons. The number of ether oxygens (including phenoxy) is 1. The van der Waals surface area contributed by atoms with Crippen molar-refractivity contribution in [2.24, 2.45) is 0 Å². The van der Waals surface area contributed by atoms with Gasteiger partial charge in [0.15, 0.2) is 0 Å². The molecule has 0 spiro atoms. The lowest BCUT2D eigenvalue weighted by molar-refractivity contribution is -0.00925. The molecule has 0 aromatic heterocycles. The number of hydrogen-bond donors (Lipinski definition) is 1. The number of benzene rings is 1. The summed E-state index contributed by atoms with van der Waals surface area (Å²) >= 11 is 0. The zero-order valence-electron chi connectivity index (χ0n) is 10.5. The Kier molecular flexibility index (Phi) is 3.17. The summed E-state index contributed by atoms with van der Waals surface area (Å²) in [6.07, 6.45) is 5.25. The predicted molar refractivity (Wildman–Crippen MR) is 69.2 cm³/mol. The van der Waals surface area contributed by atoms with Gasteiger partial charge in [-0.3, -0.25) is 0 Å². The van der Waals surface area contributed by atoms with E-state index >= 15 is 0 Å². The third-order valence-corrected chi connectivity index (χ3v) is 4.00. The van der Waals surface area contributed by atoms with E-state index in [0.717, 1.165) is 13.2 Å². The van der Waals surface area contributed by atoms with E-state index in [9.17, 15) is 0 Å². The Morgan fingerprint density at radius 1 is 1.18 bits per heavy atom. The second kappa shape index (κ2) is 4.79. The van der Waals surface area contributed by atoms with Gasteiger partial charge in [0.1, 0.15) is 0 Å². The fourth-order valence-electron chi connectivity index (χ4n) is 2.80. The third-order valence-electron chi connectivity index (χ3n) is 4.00. The van der Waals surface area contributed by atoms with Crippen LogP contribution in [-0.4, -0.2) is 19.3 Å². The van der Waals surface area contributed by atoms with Gasteiger partial charge in [-0.1, -0.05) is 18.2 Å². The molecule has 17 heavy (non-hydrogen) atoms. The van der Waals surface area contributed by atoms with Gasteiger partial charge in [-0.05, 0) is 49.3 Å². The third kappa shape index (κ3) is 2.38. The van der Waals surface area contributed by atoms with E-state index in [1.165, 1.54) is 31.2 Å². The fraction of sp³-hybridized carbons (Fsp3) is 0.600. The van der Waals surface area contributed by atoms with Crippen molar-refractivity contribution >= 4 is 0 Å². The molecule has 1 aliphatic heterocycles. The first-order valence-corrected chi connectivity index (χ1v) is 6.78. The maximum absolute atomic E-state index is 5.20. The van der Waals surface area contributed by atoms with Gasteiger partial charge in [-0.25, -0.2) is 0 Å². The molecule has 2 nitrogen and oxygen atoms in total. The normalized spacial score (nSPS) is 21.7. The molecule has 0 radical (unpaired) electrons. The minimum absolute atomic E-state index is 0.441. The standard InChI is InChI=1S/C15H21NO/c1-11(16-15-9-17-10-15)13-7-6-12-4-2-3-5-14(12)8-13/h6-8,11,15-16H,2-5,9-10H2,1H3. The minimum Gasteiger partial charge on any atom is -0.378 e. The van der Waals surface area contributed by atoms with Crippen LogP contribution in [0.25, 0.3) is 0 Å². The molecule has 1 saturated heterocycles. The predicted octanol–water partition coefficient (Wildman–Crippen LogP) is 2.61. The topological polar surface area (TPSA) is 21.3 Å². The van der Waals surface area contributed by atoms with Crippen LogP contribution in [-0.2, 0) is 17.6 Å². The first-order valence-electron chi connectivity index (χ1n) is 6.78. The highest BCUT2D eigenvalue weighted by atomic mass is 16.5. The Labute approximate surface area is 103 Å². The molecule has 1 N–H and O–H groups in total. The molecule has 1 unspecified atom stereocenters. The summed E-state index contributed by atoms with van der Waals surface area (Å²) in [5, 5.41) is 3.61. The molecule has 2 aliphatic rings. The van der Waals surface area contributed by atoms with Crippen LogP contribution in [0.4, 0.5) is 0 Å². The van der Waals surface area contributed by atoms with Crippen molar-refractivity contribution in [3.8, 4) is 0 Å². The monoisotopic (exact) mass is 231 g/mol. The van der Waals surface area contributed by atoms with E-state index in [2.05, 4.69) is 30.4 Å². The first kappa shape index (κ1) is 11.2. The number of rotatable bonds is 3. The molecule has 1 fully saturated rings. The molecule has 0 saturated carbocycles. The average Bonchev–Trinajstić information content (AvgIpc) is 2.33. The van der Waals surface area contributed by atoms with Crippen LogP contribution >= 0.6 is 0 Å². The molecule has 1 aliphatic carbocycles. The van der Waals surface area contributed by atoms with Gasteiger partial charge in [0.2, 0.25) is 0 Å². The summed E-state index contributed by atoms with van der Waals surface area (Å²) in [4.78, 5) is 0. The molecule has 1 aromatic carbocycles. The number of hydrogen-bond acceptors (Lipinski definition) is 2. The second-order valence-corrected chi connectivity index (χ2v) is 5.36. The lowest BCUT2D eigenvalue weighted by atomic mass is 9.89. The van der Waals surface area contributed by atoms with Gasteiger partial charge in [0.05, 0.1) is 19.3 Å². The van der Waals surface area contributed by atoms with Crippen molar-refractivity contribution in [1.82, 2.24) is 5.32 Å². The van der Waals surface area contributed by atoms with Crippen molar-refractivity contribution in [2.45, 2.75) is 44.7 Å². The zero-order valence-corrected chi connectivity index (χ0v) is 10.5. The molecular weight excluding hydrogens is 210 g/mol. The molecule has 1 heterocycles. The summed E-state index contributed by atoms with van der Waals surface area (Å²) in [6, 6.07) is 8.03. The summed E-state index contributed by atoms with van der Waals surface area (Å²) in [5.74, 6) is 0. The van der Waals surface area contributed by atoms with Crippen molar-refractivity contribution in [3.63, 3.8) is 0 Å². The van der Waals surface area contributed by atoms with Gasteiger partial charge < -0.3 is 10.1 Å². The van der Waals surface area contributed by atoms with Crippen molar-refractivity contribution in [2.75, 3.05) is 13.2 Å². The molecular formula is C15H21NO. The Morgan fingerprint density at radius 3 is 2.65 bits per heavy atom. The van der Waals surface area contributed by atoms with E-state index < -0.39 is 0 Å². The Morgan fingerprint density at radius 2 is 1.94 bits per heavy atom. The van der Waals surface area contributed by atoms with E-state index in [1.807, 2.05) is 0 Å². The van der Waals surface area contributed by atoms with Gasteiger partial charge in [-0.2, -0.15) is 0 Å². The highest BCUT2D eigenvalue weighted by Crippen LogP contribution is 2.25. The Bertz CT molecular complexity index is 398. The Hall–Kier alpha value is -0.860. The summed E-state index contributed by atoms with van der Waals surface area (Å²) in [7, 11) is 0. The van der Waals surface area contributed by atoms with Crippen LogP contribution in [0, 0.1) is 0 Å². The van der Waals surface area contributed by atoms with Crippen molar-refractivity contribution < 1.29 is 4.74 Å². The summed E-state index contributed by atoms with van der Waals surface area (Å²) < 4.78 is 5.20. The quantitative estimate of drug-likeness (QED) is 0.863. The molecule has 0 amide bonds. The Balaban J connectivity index is 1.73. The second-order valence-electron chi connectivity index (χ2n) is 5.36. The number of fused-ring (bicyclic) bond motifs is 1. The van der Waals surface area contributed by atoms with E-state index in [0.29, 0.717) is 12.1 Å². The number of aryl methyl sites for hydroxylation is 2. The van der Waals surface area contributed by atoms with E-state index in [4.69, 9.17) is 4.74 Å². The summed E-state index contributed by atoms with van der Waals surface area (Å²) in [6.45, 7) is 3.99. The SMILES string of the molecule is CC(NC1COC1)c1ccc2c(c1)CCCC2. The largest absolute Gasteiger partial charge is 0.378 e. The van der Waals surface area contributed by atoms with Crippen LogP contribution < -0.4 is 5.32 Å². The van der Waals surface area contributed by atoms with Gasteiger partial charge in [0, 0.05) is 6.04 Å². The van der Waals surface area contributed by atoms with Crippen LogP contribution in [0.5, 0.6) is 0 Å². The first-order chi connectivity index (χ1) is 8.33. The van der Waals surface area contributed by atoms with E-state index in [1.54, 1.807) is 11.1 Å². The highest BCUT2D eigenvalue weighted by Gasteiger charge is 2.21. The van der Waals surface area contributed by atoms with Crippen LogP contribution in [0.15, 0.2) is 18.2 Å². The fourth-order valence-corrected chi connectivity index (χ4v) is 2.80. The zero-order chi connectivity index (χ0) is 11.7. The van der Waals surface area contributed by atoms with Gasteiger partial charge >= 0.3 is 0 Å². The van der Waals surface area contributed by atoms with Gasteiger partial charge in [0.25, 0.3) is 0 Å². The molecule has 1 aromatic rings. The average molecular weight is 231 g/mol. The maximum Gasteiger partial charge on any atom is 0.0643 e. The molecule has 3 rings (SSSR count). The maximum atomic E-state index is 5.20. The molecule has 2 heteroatoms. The molecule has 1 atom stereocenters. The van der Waals surface area contributed by atoms with Crippen molar-refractivity contribution in [1.29, 1.82) is 0 Å². The highest BCUT2D eigenvalue weighted by molar-refractivity contribution is 5.35. The van der Waals surface area contributed by atoms with Gasteiger partial charge in [-0.15, -0.1) is 0 Å². The van der Waals surface area contributed by atoms with Crippen LogP contribution in [0.3, 0.4) is 0 Å².